The maximum Gasteiger partial charge on any atom is 0.328 e. The SMILES string of the molecule is CNC(=O)C(Cc1c[nH]c2ccccc12)NC(=O)[C@H](Cc1ccccc1)NC(=O)C(CSSCC(NC(=O)C(N)[C@@H](C)O)C(=O)NC(C(=O)O)[C@@H](C)O)NC(=O)[C@@H](Cc1ccccc1)NC(=O)CCS. The molecule has 0 spiro atoms. The third-order valence-corrected chi connectivity index (χ3v) is 13.5. The lowest BCUT2D eigenvalue weighted by atomic mass is 10.0. The molecule has 0 fully saturated rings. The molecule has 9 atom stereocenters. The van der Waals surface area contributed by atoms with Gasteiger partial charge in [-0.2, -0.15) is 12.6 Å². The van der Waals surface area contributed by atoms with Crippen molar-refractivity contribution in [1.82, 2.24) is 42.2 Å². The number of aliphatic hydroxyl groups excluding tert-OH is 2. The lowest BCUT2D eigenvalue weighted by Crippen LogP contribution is -2.59. The van der Waals surface area contributed by atoms with Crippen LogP contribution in [0.5, 0.6) is 0 Å². The minimum Gasteiger partial charge on any atom is -0.480 e. The second-order valence-electron chi connectivity index (χ2n) is 16.3. The summed E-state index contributed by atoms with van der Waals surface area (Å²) in [6, 6.07) is 15.4. The number of nitrogens with one attached hydrogen (secondary N) is 8. The van der Waals surface area contributed by atoms with Crippen LogP contribution >= 0.6 is 34.2 Å². The number of aliphatic hydroxyl groups is 2. The molecule has 0 saturated heterocycles. The lowest BCUT2D eigenvalue weighted by Gasteiger charge is -2.27. The van der Waals surface area contributed by atoms with Crippen LogP contribution in [-0.2, 0) is 57.6 Å². The van der Waals surface area contributed by atoms with Crippen LogP contribution in [0.15, 0.2) is 91.1 Å². The first kappa shape index (κ1) is 56.5. The Balaban J connectivity index is 1.65. The second-order valence-corrected chi connectivity index (χ2v) is 19.3. The number of carbonyl (C=O) groups is 8. The van der Waals surface area contributed by atoms with Crippen molar-refractivity contribution < 1.29 is 53.7 Å². The van der Waals surface area contributed by atoms with Gasteiger partial charge in [-0.15, -0.1) is 0 Å². The van der Waals surface area contributed by atoms with Crippen LogP contribution < -0.4 is 43.0 Å². The molecule has 3 aromatic carbocycles. The van der Waals surface area contributed by atoms with Crippen LogP contribution in [0.1, 0.15) is 37.0 Å². The summed E-state index contributed by atoms with van der Waals surface area (Å²) in [6.45, 7) is 2.41. The first-order valence-electron chi connectivity index (χ1n) is 22.3. The average Bonchev–Trinajstić information content (AvgIpc) is 3.75. The number of likely N-dealkylation sites (N-methyl/N-ethyl adjacent to an activating group) is 1. The molecule has 378 valence electrons. The van der Waals surface area contributed by atoms with Crippen LogP contribution in [0.2, 0.25) is 0 Å². The number of fused-ring (bicyclic) bond motifs is 1. The summed E-state index contributed by atoms with van der Waals surface area (Å²) in [7, 11) is 3.33. The van der Waals surface area contributed by atoms with E-state index in [1.165, 1.54) is 14.0 Å². The number of rotatable bonds is 28. The number of aliphatic carboxylic acids is 1. The monoisotopic (exact) mass is 1020 g/mol. The predicted octanol–water partition coefficient (Wildman–Crippen LogP) is -0.275. The van der Waals surface area contributed by atoms with E-state index >= 15 is 0 Å². The van der Waals surface area contributed by atoms with Crippen molar-refractivity contribution >= 4 is 92.4 Å². The fourth-order valence-electron chi connectivity index (χ4n) is 6.93. The van der Waals surface area contributed by atoms with E-state index in [1.54, 1.807) is 66.9 Å². The molecule has 4 aromatic rings. The number of aromatic amines is 1. The largest absolute Gasteiger partial charge is 0.480 e. The molecule has 4 rings (SSSR count). The number of benzene rings is 3. The van der Waals surface area contributed by atoms with Crippen LogP contribution in [-0.4, -0.2) is 146 Å². The van der Waals surface area contributed by atoms with Gasteiger partial charge in [0.05, 0.1) is 12.2 Å². The van der Waals surface area contributed by atoms with Gasteiger partial charge in [0.1, 0.15) is 36.3 Å². The van der Waals surface area contributed by atoms with Gasteiger partial charge < -0.3 is 63.3 Å². The van der Waals surface area contributed by atoms with E-state index in [1.807, 2.05) is 24.3 Å². The minimum absolute atomic E-state index is 0.0104. The molecular weight excluding hydrogens is 963 g/mol. The van der Waals surface area contributed by atoms with Gasteiger partial charge in [-0.3, -0.25) is 33.6 Å². The number of carboxylic acids is 1. The molecule has 0 aliphatic heterocycles. The predicted molar refractivity (Wildman–Crippen MR) is 270 cm³/mol. The molecule has 0 bridgehead atoms. The van der Waals surface area contributed by atoms with Gasteiger partial charge in [-0.25, -0.2) is 4.79 Å². The Bertz CT molecular complexity index is 2390. The Kier molecular flexibility index (Phi) is 23.0. The fraction of sp³-hybridized carbons (Fsp3) is 0.404. The van der Waals surface area contributed by atoms with Gasteiger partial charge in [-0.1, -0.05) is 100 Å². The average molecular weight is 1020 g/mol. The highest BCUT2D eigenvalue weighted by molar-refractivity contribution is 8.76. The maximum absolute atomic E-state index is 14.6. The van der Waals surface area contributed by atoms with E-state index in [4.69, 9.17) is 5.73 Å². The molecule has 0 aliphatic carbocycles. The molecule has 0 radical (unpaired) electrons. The highest BCUT2D eigenvalue weighted by Gasteiger charge is 2.34. The number of para-hydroxylation sites is 1. The number of hydrogen-bond acceptors (Lipinski definition) is 14. The summed E-state index contributed by atoms with van der Waals surface area (Å²) in [5.74, 6) is -7.10. The lowest BCUT2D eigenvalue weighted by molar-refractivity contribution is -0.145. The molecule has 0 saturated carbocycles. The summed E-state index contributed by atoms with van der Waals surface area (Å²) in [5.41, 5.74) is 8.74. The van der Waals surface area contributed by atoms with Gasteiger partial charge in [0.15, 0.2) is 6.04 Å². The van der Waals surface area contributed by atoms with Crippen LogP contribution in [0.25, 0.3) is 10.9 Å². The van der Waals surface area contributed by atoms with Crippen molar-refractivity contribution in [2.45, 2.75) is 94.0 Å². The molecule has 23 heteroatoms. The highest BCUT2D eigenvalue weighted by atomic mass is 33.1. The Hall–Kier alpha value is -6.11. The maximum atomic E-state index is 14.6. The van der Waals surface area contributed by atoms with E-state index in [9.17, 15) is 53.7 Å². The molecule has 20 nitrogen and oxygen atoms in total. The van der Waals surface area contributed by atoms with Gasteiger partial charge in [-0.05, 0) is 42.4 Å². The van der Waals surface area contributed by atoms with Crippen molar-refractivity contribution in [3.05, 3.63) is 108 Å². The molecule has 1 aromatic heterocycles. The normalized spacial score (nSPS) is 15.0. The molecule has 1 heterocycles. The standard InChI is InChI=1S/C47H61N9O11S3/c1-26(57)39(48)46(65)55-37(45(64)56-40(27(2)58)47(66)67)25-70-69-24-36(54-42(61)33(51-38(59)18-19-68)20-28-12-6-4-7-13-28)44(63)52-34(21-29-14-8-5-9-15-29)43(62)53-35(41(60)49-3)22-30-23-50-32-17-11-10-16-31(30)32/h4-17,23,26-27,33-37,39-40,50,57-58,68H,18-22,24-25,48H2,1-3H3,(H,49,60)(H,51,59)(H,52,63)(H,53,62)(H,54,61)(H,55,65)(H,56,64)(H,66,67)/t26-,27-,33-,34+,35?,36?,37?,39?,40?/m1/s1. The Labute approximate surface area is 418 Å². The van der Waals surface area contributed by atoms with Gasteiger partial charge >= 0.3 is 5.97 Å². The third kappa shape index (κ3) is 17.7. The van der Waals surface area contributed by atoms with Crippen molar-refractivity contribution in [2.75, 3.05) is 24.3 Å². The number of amides is 7. The molecule has 7 amide bonds. The molecule has 13 N–H and O–H groups in total. The highest BCUT2D eigenvalue weighted by Crippen LogP contribution is 2.24. The number of nitrogens with two attached hydrogens (primary N) is 1. The zero-order valence-electron chi connectivity index (χ0n) is 38.8. The van der Waals surface area contributed by atoms with Gasteiger partial charge in [0.2, 0.25) is 41.4 Å². The topological polar surface area (TPSA) is 323 Å². The first-order chi connectivity index (χ1) is 33.4. The smallest absolute Gasteiger partial charge is 0.328 e. The molecular formula is C47H61N9O11S3. The summed E-state index contributed by atoms with van der Waals surface area (Å²) in [5, 5.41) is 48.5. The van der Waals surface area contributed by atoms with Gasteiger partial charge in [0.25, 0.3) is 0 Å². The number of aromatic nitrogens is 1. The number of thiol groups is 1. The van der Waals surface area contributed by atoms with Crippen molar-refractivity contribution in [3.63, 3.8) is 0 Å². The van der Waals surface area contributed by atoms with Crippen molar-refractivity contribution in [1.29, 1.82) is 0 Å². The van der Waals surface area contributed by atoms with E-state index in [0.29, 0.717) is 11.1 Å². The quantitative estimate of drug-likeness (QED) is 0.0198. The van der Waals surface area contributed by atoms with E-state index in [0.717, 1.165) is 45.0 Å². The number of H-pyrrole nitrogens is 1. The first-order valence-corrected chi connectivity index (χ1v) is 25.4. The van der Waals surface area contributed by atoms with Crippen molar-refractivity contribution in [3.8, 4) is 0 Å². The zero-order chi connectivity index (χ0) is 51.3. The summed E-state index contributed by atoms with van der Waals surface area (Å²) in [4.78, 5) is 111. The van der Waals surface area contributed by atoms with Crippen LogP contribution in [0.4, 0.5) is 0 Å². The minimum atomic E-state index is -1.75. The fourth-order valence-corrected chi connectivity index (χ4v) is 9.47. The molecule has 0 aliphatic rings. The Morgan fingerprint density at radius 2 is 1.06 bits per heavy atom. The van der Waals surface area contributed by atoms with Crippen LogP contribution in [0.3, 0.4) is 0 Å². The van der Waals surface area contributed by atoms with E-state index < -0.39 is 102 Å². The zero-order valence-corrected chi connectivity index (χ0v) is 41.3. The van der Waals surface area contributed by atoms with Crippen LogP contribution in [0, 0.1) is 0 Å². The number of carboxylic acid groups (broad SMARTS) is 1. The second kappa shape index (κ2) is 28.5. The summed E-state index contributed by atoms with van der Waals surface area (Å²) >= 11 is 4.14. The van der Waals surface area contributed by atoms with E-state index in [-0.39, 0.29) is 42.9 Å². The van der Waals surface area contributed by atoms with E-state index in [2.05, 4.69) is 54.8 Å². The Morgan fingerprint density at radius 3 is 1.56 bits per heavy atom. The summed E-state index contributed by atoms with van der Waals surface area (Å²) in [6.07, 6.45) is -1.03. The molecule has 5 unspecified atom stereocenters. The Morgan fingerprint density at radius 1 is 0.600 bits per heavy atom. The number of hydrogen-bond donors (Lipinski definition) is 13. The van der Waals surface area contributed by atoms with Crippen molar-refractivity contribution in [2.24, 2.45) is 5.73 Å². The summed E-state index contributed by atoms with van der Waals surface area (Å²) < 4.78 is 0. The van der Waals surface area contributed by atoms with Gasteiger partial charge in [0, 0.05) is 61.3 Å². The number of carbonyl (C=O) groups excluding carboxylic acids is 7. The third-order valence-electron chi connectivity index (χ3n) is 10.9. The molecule has 70 heavy (non-hydrogen) atoms.